The lowest BCUT2D eigenvalue weighted by molar-refractivity contribution is 0.0181. The highest BCUT2D eigenvalue weighted by Crippen LogP contribution is 2.41. The zero-order chi connectivity index (χ0) is 16.8. The van der Waals surface area contributed by atoms with E-state index in [4.69, 9.17) is 9.47 Å². The van der Waals surface area contributed by atoms with Crippen LogP contribution in [0.5, 0.6) is 5.75 Å². The smallest absolute Gasteiger partial charge is 0.410 e. The van der Waals surface area contributed by atoms with Gasteiger partial charge in [-0.1, -0.05) is 0 Å². The fraction of sp³-hybridized carbons (Fsp3) is 0.588. The zero-order valence-electron chi connectivity index (χ0n) is 13.5. The second-order valence-electron chi connectivity index (χ2n) is 7.15. The van der Waals surface area contributed by atoms with Crippen molar-refractivity contribution in [1.29, 1.82) is 0 Å². The van der Waals surface area contributed by atoms with E-state index >= 15 is 0 Å². The van der Waals surface area contributed by atoms with E-state index in [1.165, 1.54) is 12.1 Å². The Morgan fingerprint density at radius 1 is 1.35 bits per heavy atom. The number of amides is 1. The first-order chi connectivity index (χ1) is 10.7. The quantitative estimate of drug-likeness (QED) is 0.751. The molecule has 0 spiro atoms. The summed E-state index contributed by atoms with van der Waals surface area (Å²) in [7, 11) is 0. The molecular formula is C17H21BrFNO3. The van der Waals surface area contributed by atoms with Gasteiger partial charge in [-0.05, 0) is 61.7 Å². The largest absolute Gasteiger partial charge is 0.487 e. The summed E-state index contributed by atoms with van der Waals surface area (Å²) in [5.74, 6) is 0.141. The van der Waals surface area contributed by atoms with Crippen molar-refractivity contribution < 1.29 is 18.7 Å². The second kappa shape index (κ2) is 5.96. The molecule has 2 aliphatic heterocycles. The summed E-state index contributed by atoms with van der Waals surface area (Å²) in [5, 5.41) is 0. The van der Waals surface area contributed by atoms with E-state index in [1.807, 2.05) is 25.7 Å². The summed E-state index contributed by atoms with van der Waals surface area (Å²) in [6.07, 6.45) is 2.21. The number of hydrogen-bond donors (Lipinski definition) is 0. The summed E-state index contributed by atoms with van der Waals surface area (Å²) in [6, 6.07) is 4.51. The number of carbonyl (C=O) groups excluding carboxylic acids is 1. The van der Waals surface area contributed by atoms with Gasteiger partial charge in [0.05, 0.1) is 10.5 Å². The van der Waals surface area contributed by atoms with Crippen molar-refractivity contribution in [2.24, 2.45) is 0 Å². The maximum Gasteiger partial charge on any atom is 0.410 e. The Morgan fingerprint density at radius 3 is 2.78 bits per heavy atom. The number of carbonyl (C=O) groups is 1. The van der Waals surface area contributed by atoms with Gasteiger partial charge in [-0.25, -0.2) is 9.18 Å². The van der Waals surface area contributed by atoms with Crippen LogP contribution in [0, 0.1) is 5.82 Å². The van der Waals surface area contributed by atoms with Gasteiger partial charge in [-0.3, -0.25) is 4.90 Å². The van der Waals surface area contributed by atoms with Crippen LogP contribution in [0.1, 0.15) is 40.0 Å². The highest BCUT2D eigenvalue weighted by molar-refractivity contribution is 9.10. The lowest BCUT2D eigenvalue weighted by Gasteiger charge is -2.28. The number of halogens is 2. The molecule has 1 aromatic carbocycles. The molecule has 1 aromatic rings. The summed E-state index contributed by atoms with van der Waals surface area (Å²) >= 11 is 3.38. The molecular weight excluding hydrogens is 365 g/mol. The van der Waals surface area contributed by atoms with E-state index in [9.17, 15) is 9.18 Å². The second-order valence-corrected chi connectivity index (χ2v) is 8.01. The summed E-state index contributed by atoms with van der Waals surface area (Å²) in [4.78, 5) is 14.2. The standard InChI is InChI=1S/C17H21BrFNO3/c1-17(2,3)23-16(21)20-11-5-7-13(20)15(9-11)22-14-8-10(19)4-6-12(14)18/h4,6,8,11,13,15H,5,7,9H2,1-3H3/t11-,13+,15+/m0/s1. The number of hydrogen-bond acceptors (Lipinski definition) is 3. The predicted molar refractivity (Wildman–Crippen MR) is 88.0 cm³/mol. The molecule has 126 valence electrons. The van der Waals surface area contributed by atoms with Gasteiger partial charge < -0.3 is 9.47 Å². The number of nitrogens with zero attached hydrogens (tertiary/aromatic N) is 1. The fourth-order valence-corrected chi connectivity index (χ4v) is 3.73. The van der Waals surface area contributed by atoms with Gasteiger partial charge in [0.2, 0.25) is 0 Å². The zero-order valence-corrected chi connectivity index (χ0v) is 15.1. The molecule has 3 rings (SSSR count). The molecule has 2 bridgehead atoms. The molecule has 0 radical (unpaired) electrons. The third kappa shape index (κ3) is 3.47. The molecule has 3 atom stereocenters. The number of ether oxygens (including phenoxy) is 2. The van der Waals surface area contributed by atoms with E-state index < -0.39 is 5.60 Å². The van der Waals surface area contributed by atoms with Gasteiger partial charge in [0.1, 0.15) is 23.3 Å². The molecule has 0 aromatic heterocycles. The lowest BCUT2D eigenvalue weighted by Crippen LogP contribution is -2.42. The van der Waals surface area contributed by atoms with E-state index in [0.717, 1.165) is 19.3 Å². The van der Waals surface area contributed by atoms with Crippen LogP contribution in [0.3, 0.4) is 0 Å². The molecule has 0 saturated carbocycles. The summed E-state index contributed by atoms with van der Waals surface area (Å²) in [5.41, 5.74) is -0.513. The van der Waals surface area contributed by atoms with Crippen molar-refractivity contribution in [1.82, 2.24) is 4.90 Å². The SMILES string of the molecule is CC(C)(C)OC(=O)N1[C@H]2CC[C@@H]1[C@H](Oc1cc(F)ccc1Br)C2. The molecule has 2 aliphatic rings. The Morgan fingerprint density at radius 2 is 2.09 bits per heavy atom. The van der Waals surface area contributed by atoms with E-state index in [2.05, 4.69) is 15.9 Å². The molecule has 0 N–H and O–H groups in total. The Balaban J connectivity index is 1.72. The maximum absolute atomic E-state index is 13.4. The Kier molecular flexibility index (Phi) is 4.29. The molecule has 0 aliphatic carbocycles. The van der Waals surface area contributed by atoms with Crippen LogP contribution >= 0.6 is 15.9 Å². The van der Waals surface area contributed by atoms with Gasteiger partial charge in [0.25, 0.3) is 0 Å². The maximum atomic E-state index is 13.4. The lowest BCUT2D eigenvalue weighted by atomic mass is 9.98. The van der Waals surface area contributed by atoms with E-state index in [1.54, 1.807) is 6.07 Å². The highest BCUT2D eigenvalue weighted by Gasteiger charge is 2.51. The summed E-state index contributed by atoms with van der Waals surface area (Å²) in [6.45, 7) is 5.59. The van der Waals surface area contributed by atoms with Crippen LogP contribution in [0.4, 0.5) is 9.18 Å². The van der Waals surface area contributed by atoms with Gasteiger partial charge in [0, 0.05) is 18.5 Å². The minimum Gasteiger partial charge on any atom is -0.487 e. The normalized spacial score (nSPS) is 26.5. The average molecular weight is 386 g/mol. The van der Waals surface area contributed by atoms with Crippen LogP contribution in [-0.2, 0) is 4.74 Å². The topological polar surface area (TPSA) is 38.8 Å². The fourth-order valence-electron chi connectivity index (χ4n) is 3.39. The first kappa shape index (κ1) is 16.6. The predicted octanol–water partition coefficient (Wildman–Crippen LogP) is 4.51. The van der Waals surface area contributed by atoms with Crippen molar-refractivity contribution in [2.45, 2.75) is 63.8 Å². The first-order valence-electron chi connectivity index (χ1n) is 7.87. The van der Waals surface area contributed by atoms with Crippen molar-refractivity contribution in [3.05, 3.63) is 28.5 Å². The molecule has 2 fully saturated rings. The van der Waals surface area contributed by atoms with Crippen molar-refractivity contribution >= 4 is 22.0 Å². The minimum atomic E-state index is -0.513. The van der Waals surface area contributed by atoms with Crippen LogP contribution in [0.2, 0.25) is 0 Å². The Hall–Kier alpha value is -1.30. The highest BCUT2D eigenvalue weighted by atomic mass is 79.9. The molecule has 0 unspecified atom stereocenters. The van der Waals surface area contributed by atoms with Crippen molar-refractivity contribution in [2.75, 3.05) is 0 Å². The van der Waals surface area contributed by atoms with Gasteiger partial charge in [-0.2, -0.15) is 0 Å². The number of benzene rings is 1. The molecule has 4 nitrogen and oxygen atoms in total. The van der Waals surface area contributed by atoms with Gasteiger partial charge in [-0.15, -0.1) is 0 Å². The number of rotatable bonds is 2. The van der Waals surface area contributed by atoms with E-state index in [-0.39, 0.29) is 30.1 Å². The average Bonchev–Trinajstić information content (AvgIpc) is 2.98. The molecule has 1 amide bonds. The number of fused-ring (bicyclic) bond motifs is 2. The Bertz CT molecular complexity index is 616. The van der Waals surface area contributed by atoms with E-state index in [0.29, 0.717) is 10.2 Å². The van der Waals surface area contributed by atoms with Crippen LogP contribution in [0.25, 0.3) is 0 Å². The minimum absolute atomic E-state index is 0.00924. The van der Waals surface area contributed by atoms with Crippen molar-refractivity contribution in [3.8, 4) is 5.75 Å². The monoisotopic (exact) mass is 385 g/mol. The van der Waals surface area contributed by atoms with Crippen molar-refractivity contribution in [3.63, 3.8) is 0 Å². The van der Waals surface area contributed by atoms with Crippen LogP contribution in [0.15, 0.2) is 22.7 Å². The first-order valence-corrected chi connectivity index (χ1v) is 8.67. The summed E-state index contributed by atoms with van der Waals surface area (Å²) < 4.78 is 25.6. The van der Waals surface area contributed by atoms with Crippen LogP contribution < -0.4 is 4.74 Å². The van der Waals surface area contributed by atoms with Gasteiger partial charge in [0.15, 0.2) is 0 Å². The third-order valence-electron chi connectivity index (χ3n) is 4.26. The molecule has 23 heavy (non-hydrogen) atoms. The van der Waals surface area contributed by atoms with Crippen LogP contribution in [-0.4, -0.2) is 34.8 Å². The van der Waals surface area contributed by atoms with Gasteiger partial charge >= 0.3 is 6.09 Å². The molecule has 2 saturated heterocycles. The Labute approximate surface area is 144 Å². The molecule has 2 heterocycles. The third-order valence-corrected chi connectivity index (χ3v) is 4.91. The molecule has 6 heteroatoms.